The topological polar surface area (TPSA) is 0 Å². The van der Waals surface area contributed by atoms with E-state index in [-0.39, 0.29) is 0 Å². The Balaban J connectivity index is 2.46. The molecular formula is C12H4. The molecule has 0 fully saturated rings. The molecule has 2 rings (SSSR count). The summed E-state index contributed by atoms with van der Waals surface area (Å²) < 4.78 is 0. The van der Waals surface area contributed by atoms with Gasteiger partial charge >= 0.3 is 0 Å². The summed E-state index contributed by atoms with van der Waals surface area (Å²) in [6, 6.07) is 24.6. The van der Waals surface area contributed by atoms with Crippen molar-refractivity contribution in [1.82, 2.24) is 0 Å². The Kier molecular flexibility index (Phi) is 1.91. The van der Waals surface area contributed by atoms with E-state index in [1.54, 1.807) is 24.3 Å². The maximum Gasteiger partial charge on any atom is -0.00134 e. The quantitative estimate of drug-likeness (QED) is 0.581. The summed E-state index contributed by atoms with van der Waals surface area (Å²) in [6.45, 7) is 0. The van der Waals surface area contributed by atoms with E-state index in [0.29, 0.717) is 0 Å². The van der Waals surface area contributed by atoms with E-state index in [0.717, 1.165) is 11.1 Å². The minimum Gasteiger partial charge on any atom is -0.0458 e. The van der Waals surface area contributed by atoms with E-state index in [1.165, 1.54) is 0 Å². The van der Waals surface area contributed by atoms with Gasteiger partial charge in [0.25, 0.3) is 0 Å². The smallest absolute Gasteiger partial charge is 0.00134 e. The first-order valence-electron chi connectivity index (χ1n) is 3.56. The molecule has 0 saturated heterocycles. The largest absolute Gasteiger partial charge is 0.0458 e. The van der Waals surface area contributed by atoms with Crippen LogP contribution >= 0.6 is 0 Å². The van der Waals surface area contributed by atoms with E-state index in [4.69, 9.17) is 0 Å². The van der Waals surface area contributed by atoms with Gasteiger partial charge in [0, 0.05) is 0 Å². The standard InChI is InChI=1S/C12H4/c1-3-7-11(8-4-1)12-9-5-2-6-10-12/h3-6H. The SMILES string of the molecule is [c]1c[c]c(-c2[c]c[c]c[c]2)[c]c1. The van der Waals surface area contributed by atoms with Crippen LogP contribution in [0, 0.1) is 36.4 Å². The zero-order chi connectivity index (χ0) is 8.23. The lowest BCUT2D eigenvalue weighted by atomic mass is 10.1. The number of rotatable bonds is 1. The molecule has 6 radical (unpaired) electrons. The number of benzene rings is 2. The van der Waals surface area contributed by atoms with Gasteiger partial charge in [-0.05, 0) is 71.8 Å². The minimum absolute atomic E-state index is 0.864. The third kappa shape index (κ3) is 1.37. The highest BCUT2D eigenvalue weighted by molar-refractivity contribution is 5.59. The zero-order valence-electron chi connectivity index (χ0n) is 6.31. The molecule has 0 aliphatic carbocycles. The average Bonchev–Trinajstić information content (AvgIpc) is 2.21. The van der Waals surface area contributed by atoms with Crippen molar-refractivity contribution in [3.8, 4) is 11.1 Å². The van der Waals surface area contributed by atoms with Crippen LogP contribution in [-0.4, -0.2) is 0 Å². The van der Waals surface area contributed by atoms with Gasteiger partial charge < -0.3 is 0 Å². The monoisotopic (exact) mass is 148 g/mol. The van der Waals surface area contributed by atoms with Gasteiger partial charge in [0.1, 0.15) is 0 Å². The predicted octanol–water partition coefficient (Wildman–Crippen LogP) is 2.15. The van der Waals surface area contributed by atoms with Gasteiger partial charge in [-0.15, -0.1) is 0 Å². The Labute approximate surface area is 72.5 Å². The van der Waals surface area contributed by atoms with Crippen LogP contribution in [0.25, 0.3) is 11.1 Å². The van der Waals surface area contributed by atoms with Crippen molar-refractivity contribution in [2.45, 2.75) is 0 Å². The van der Waals surface area contributed by atoms with Gasteiger partial charge in [-0.2, -0.15) is 0 Å². The van der Waals surface area contributed by atoms with Crippen molar-refractivity contribution in [1.29, 1.82) is 0 Å². The predicted molar refractivity (Wildman–Crippen MR) is 44.9 cm³/mol. The normalized spacial score (nSPS) is 9.67. The van der Waals surface area contributed by atoms with Crippen LogP contribution in [0.2, 0.25) is 0 Å². The van der Waals surface area contributed by atoms with Crippen molar-refractivity contribution >= 4 is 0 Å². The Bertz CT molecular complexity index is 297. The maximum atomic E-state index is 3.00. The summed E-state index contributed by atoms with van der Waals surface area (Å²) in [4.78, 5) is 0. The fraction of sp³-hybridized carbons (Fsp3) is 0. The molecule has 0 amide bonds. The lowest BCUT2D eigenvalue weighted by Crippen LogP contribution is -1.76. The highest BCUT2D eigenvalue weighted by Gasteiger charge is 1.94. The first-order chi connectivity index (χ1) is 5.97. The van der Waals surface area contributed by atoms with Crippen molar-refractivity contribution in [2.75, 3.05) is 0 Å². The molecule has 0 heterocycles. The van der Waals surface area contributed by atoms with Gasteiger partial charge in [0.05, 0.1) is 0 Å². The molecule has 0 aromatic heterocycles. The lowest BCUT2D eigenvalue weighted by Gasteiger charge is -1.95. The molecule has 0 aliphatic rings. The van der Waals surface area contributed by atoms with Crippen molar-refractivity contribution in [2.24, 2.45) is 0 Å². The Morgan fingerprint density at radius 3 is 1.25 bits per heavy atom. The van der Waals surface area contributed by atoms with E-state index >= 15 is 0 Å². The fourth-order valence-electron chi connectivity index (χ4n) is 0.911. The van der Waals surface area contributed by atoms with Crippen molar-refractivity contribution < 1.29 is 0 Å². The average molecular weight is 148 g/mol. The van der Waals surface area contributed by atoms with Crippen molar-refractivity contribution in [3.05, 3.63) is 60.7 Å². The Morgan fingerprint density at radius 1 is 0.583 bits per heavy atom. The summed E-state index contributed by atoms with van der Waals surface area (Å²) in [6.07, 6.45) is 0. The number of hydrogen-bond donors (Lipinski definition) is 0. The molecule has 0 unspecified atom stereocenters. The third-order valence-corrected chi connectivity index (χ3v) is 1.45. The summed E-state index contributed by atoms with van der Waals surface area (Å²) in [5, 5.41) is 0. The molecular weight excluding hydrogens is 144 g/mol. The van der Waals surface area contributed by atoms with Gasteiger partial charge in [-0.1, -0.05) is 0 Å². The molecule has 0 saturated carbocycles. The molecule has 2 aromatic rings. The summed E-state index contributed by atoms with van der Waals surface area (Å²) in [7, 11) is 0. The van der Waals surface area contributed by atoms with Crippen LogP contribution in [-0.2, 0) is 0 Å². The second kappa shape index (κ2) is 3.22. The molecule has 0 bridgehead atoms. The second-order valence-electron chi connectivity index (χ2n) is 2.24. The van der Waals surface area contributed by atoms with E-state index < -0.39 is 0 Å². The van der Waals surface area contributed by atoms with E-state index in [1.807, 2.05) is 0 Å². The molecule has 52 valence electrons. The summed E-state index contributed by atoms with van der Waals surface area (Å²) in [5.41, 5.74) is 1.73. The second-order valence-corrected chi connectivity index (χ2v) is 2.24. The molecule has 0 spiro atoms. The van der Waals surface area contributed by atoms with Crippen LogP contribution in [0.5, 0.6) is 0 Å². The van der Waals surface area contributed by atoms with Crippen LogP contribution in [0.1, 0.15) is 0 Å². The molecule has 12 heavy (non-hydrogen) atoms. The van der Waals surface area contributed by atoms with Gasteiger partial charge in [-0.25, -0.2) is 0 Å². The first kappa shape index (κ1) is 7.11. The van der Waals surface area contributed by atoms with Gasteiger partial charge in [0.2, 0.25) is 0 Å². The molecule has 0 atom stereocenters. The fourth-order valence-corrected chi connectivity index (χ4v) is 0.911. The molecule has 2 aromatic carbocycles. The van der Waals surface area contributed by atoms with Crippen LogP contribution in [0.4, 0.5) is 0 Å². The van der Waals surface area contributed by atoms with Gasteiger partial charge in [-0.3, -0.25) is 0 Å². The van der Waals surface area contributed by atoms with Crippen molar-refractivity contribution in [3.63, 3.8) is 0 Å². The highest BCUT2D eigenvalue weighted by atomic mass is 14.0. The summed E-state index contributed by atoms with van der Waals surface area (Å²) in [5.74, 6) is 0. The lowest BCUT2D eigenvalue weighted by molar-refractivity contribution is 1.57. The van der Waals surface area contributed by atoms with Gasteiger partial charge in [0.15, 0.2) is 0 Å². The summed E-state index contributed by atoms with van der Waals surface area (Å²) >= 11 is 0. The Hall–Kier alpha value is -1.56. The van der Waals surface area contributed by atoms with Crippen LogP contribution in [0.3, 0.4) is 0 Å². The third-order valence-electron chi connectivity index (χ3n) is 1.45. The Morgan fingerprint density at radius 2 is 0.917 bits per heavy atom. The van der Waals surface area contributed by atoms with E-state index in [2.05, 4.69) is 36.4 Å². The first-order valence-corrected chi connectivity index (χ1v) is 3.56. The maximum absolute atomic E-state index is 3.00. The van der Waals surface area contributed by atoms with Crippen LogP contribution in [0.15, 0.2) is 24.3 Å². The molecule has 0 nitrogen and oxygen atoms in total. The molecule has 0 aliphatic heterocycles. The minimum atomic E-state index is 0.864. The van der Waals surface area contributed by atoms with E-state index in [9.17, 15) is 0 Å². The molecule has 0 heteroatoms. The molecule has 0 N–H and O–H groups in total. The zero-order valence-corrected chi connectivity index (χ0v) is 6.31. The van der Waals surface area contributed by atoms with Crippen LogP contribution < -0.4 is 0 Å². The number of hydrogen-bond acceptors (Lipinski definition) is 0. The highest BCUT2D eigenvalue weighted by Crippen LogP contribution is 2.14.